The van der Waals surface area contributed by atoms with Crippen LogP contribution in [0.15, 0.2) is 42.5 Å². The van der Waals surface area contributed by atoms with Gasteiger partial charge in [0.2, 0.25) is 5.91 Å². The summed E-state index contributed by atoms with van der Waals surface area (Å²) in [6, 6.07) is 11.8. The number of ether oxygens (including phenoxy) is 2. The zero-order valence-corrected chi connectivity index (χ0v) is 18.1. The van der Waals surface area contributed by atoms with Gasteiger partial charge in [0, 0.05) is 18.8 Å². The molecule has 1 aliphatic heterocycles. The molecule has 164 valence electrons. The quantitative estimate of drug-likeness (QED) is 0.675. The molecule has 2 aromatic rings. The number of carbonyl (C=O) groups excluding carboxylic acids is 3. The smallest absolute Gasteiger partial charge is 0.265 e. The van der Waals surface area contributed by atoms with Gasteiger partial charge in [-0.1, -0.05) is 23.7 Å². The van der Waals surface area contributed by atoms with Crippen LogP contribution >= 0.6 is 11.6 Å². The number of anilines is 2. The van der Waals surface area contributed by atoms with Crippen LogP contribution in [0.5, 0.6) is 11.5 Å². The minimum Gasteiger partial charge on any atom is -0.482 e. The van der Waals surface area contributed by atoms with Crippen molar-refractivity contribution in [2.75, 3.05) is 43.1 Å². The molecule has 3 amide bonds. The van der Waals surface area contributed by atoms with Crippen molar-refractivity contribution in [3.8, 4) is 11.5 Å². The van der Waals surface area contributed by atoms with Gasteiger partial charge in [-0.3, -0.25) is 19.3 Å². The summed E-state index contributed by atoms with van der Waals surface area (Å²) in [5.74, 6) is 0.00288. The standard InChI is InChI=1S/C22H24ClN3O5/c1-3-25(4-2)21(28)12-26-17-11-15(9-10-19(17)31-14-22(26)29)24-20(27)13-30-18-8-6-5-7-16(18)23/h5-11H,3-4,12-14H2,1-2H3,(H,24,27). The van der Waals surface area contributed by atoms with Crippen LogP contribution in [-0.2, 0) is 14.4 Å². The van der Waals surface area contributed by atoms with Crippen molar-refractivity contribution in [3.05, 3.63) is 47.5 Å². The molecule has 0 bridgehead atoms. The molecule has 3 rings (SSSR count). The van der Waals surface area contributed by atoms with Gasteiger partial charge < -0.3 is 19.7 Å². The number of halogens is 1. The summed E-state index contributed by atoms with van der Waals surface area (Å²) in [6.45, 7) is 4.41. The maximum atomic E-state index is 12.5. The normalized spacial score (nSPS) is 12.6. The van der Waals surface area contributed by atoms with Crippen LogP contribution in [0.4, 0.5) is 11.4 Å². The van der Waals surface area contributed by atoms with Crippen molar-refractivity contribution in [3.63, 3.8) is 0 Å². The van der Waals surface area contributed by atoms with Gasteiger partial charge >= 0.3 is 0 Å². The second-order valence-electron chi connectivity index (χ2n) is 6.78. The van der Waals surface area contributed by atoms with E-state index >= 15 is 0 Å². The molecule has 8 nitrogen and oxygen atoms in total. The van der Waals surface area contributed by atoms with Gasteiger partial charge in [-0.15, -0.1) is 0 Å². The Labute approximate surface area is 185 Å². The van der Waals surface area contributed by atoms with E-state index in [1.165, 1.54) is 4.90 Å². The van der Waals surface area contributed by atoms with Gasteiger partial charge in [0.1, 0.15) is 18.0 Å². The third-order valence-corrected chi connectivity index (χ3v) is 5.10. The fourth-order valence-electron chi connectivity index (χ4n) is 3.17. The minimum absolute atomic E-state index is 0.0934. The Hall–Kier alpha value is -3.26. The number of para-hydroxylation sites is 1. The molecule has 0 atom stereocenters. The summed E-state index contributed by atoms with van der Waals surface area (Å²) < 4.78 is 10.9. The molecule has 0 spiro atoms. The molecule has 2 aromatic carbocycles. The Bertz CT molecular complexity index is 977. The topological polar surface area (TPSA) is 88.2 Å². The summed E-state index contributed by atoms with van der Waals surface area (Å²) in [4.78, 5) is 40.3. The molecular formula is C22H24ClN3O5. The number of likely N-dealkylation sites (N-methyl/N-ethyl adjacent to an activating group) is 1. The van der Waals surface area contributed by atoms with Gasteiger partial charge in [0.05, 0.1) is 10.7 Å². The van der Waals surface area contributed by atoms with Gasteiger partial charge in [0.25, 0.3) is 11.8 Å². The molecule has 0 aliphatic carbocycles. The number of carbonyl (C=O) groups is 3. The number of hydrogen-bond donors (Lipinski definition) is 1. The SMILES string of the molecule is CCN(CC)C(=O)CN1C(=O)COc2ccc(NC(=O)COc3ccccc3Cl)cc21. The minimum atomic E-state index is -0.395. The predicted molar refractivity (Wildman–Crippen MR) is 118 cm³/mol. The summed E-state index contributed by atoms with van der Waals surface area (Å²) in [5, 5.41) is 3.13. The van der Waals surface area contributed by atoms with Crippen molar-refractivity contribution in [2.24, 2.45) is 0 Å². The molecule has 0 saturated carbocycles. The molecule has 1 heterocycles. The largest absolute Gasteiger partial charge is 0.482 e. The average Bonchev–Trinajstić information content (AvgIpc) is 2.76. The zero-order chi connectivity index (χ0) is 22.4. The zero-order valence-electron chi connectivity index (χ0n) is 17.4. The first-order chi connectivity index (χ1) is 14.9. The summed E-state index contributed by atoms with van der Waals surface area (Å²) in [5.41, 5.74) is 0.881. The number of nitrogens with zero attached hydrogens (tertiary/aromatic N) is 2. The fraction of sp³-hybridized carbons (Fsp3) is 0.318. The Morgan fingerprint density at radius 1 is 1.19 bits per heavy atom. The molecule has 9 heteroatoms. The Balaban J connectivity index is 1.71. The van der Waals surface area contributed by atoms with Crippen LogP contribution < -0.4 is 19.7 Å². The number of benzene rings is 2. The monoisotopic (exact) mass is 445 g/mol. The average molecular weight is 446 g/mol. The van der Waals surface area contributed by atoms with E-state index in [0.29, 0.717) is 41.0 Å². The Kier molecular flexibility index (Phi) is 7.36. The molecular weight excluding hydrogens is 422 g/mol. The van der Waals surface area contributed by atoms with Gasteiger partial charge in [0.15, 0.2) is 13.2 Å². The van der Waals surface area contributed by atoms with Crippen molar-refractivity contribution < 1.29 is 23.9 Å². The van der Waals surface area contributed by atoms with E-state index < -0.39 is 5.91 Å². The van der Waals surface area contributed by atoms with Crippen molar-refractivity contribution in [2.45, 2.75) is 13.8 Å². The molecule has 0 radical (unpaired) electrons. The second kappa shape index (κ2) is 10.2. The lowest BCUT2D eigenvalue weighted by molar-refractivity contribution is -0.131. The molecule has 0 saturated heterocycles. The Morgan fingerprint density at radius 3 is 2.65 bits per heavy atom. The molecule has 0 aromatic heterocycles. The van der Waals surface area contributed by atoms with Crippen molar-refractivity contribution in [1.29, 1.82) is 0 Å². The highest BCUT2D eigenvalue weighted by atomic mass is 35.5. The van der Waals surface area contributed by atoms with Gasteiger partial charge in [-0.05, 0) is 44.2 Å². The van der Waals surface area contributed by atoms with Crippen LogP contribution in [-0.4, -0.2) is 55.5 Å². The maximum Gasteiger partial charge on any atom is 0.265 e. The lowest BCUT2D eigenvalue weighted by Gasteiger charge is -2.31. The fourth-order valence-corrected chi connectivity index (χ4v) is 3.36. The first-order valence-corrected chi connectivity index (χ1v) is 10.3. The van der Waals surface area contributed by atoms with E-state index in [1.54, 1.807) is 47.4 Å². The van der Waals surface area contributed by atoms with Gasteiger partial charge in [-0.2, -0.15) is 0 Å². The lowest BCUT2D eigenvalue weighted by Crippen LogP contribution is -2.46. The van der Waals surface area contributed by atoms with Gasteiger partial charge in [-0.25, -0.2) is 0 Å². The number of hydrogen-bond acceptors (Lipinski definition) is 5. The van der Waals surface area contributed by atoms with E-state index in [4.69, 9.17) is 21.1 Å². The highest BCUT2D eigenvalue weighted by Gasteiger charge is 2.29. The first kappa shape index (κ1) is 22.4. The number of fused-ring (bicyclic) bond motifs is 1. The highest BCUT2D eigenvalue weighted by Crippen LogP contribution is 2.34. The van der Waals surface area contributed by atoms with Crippen molar-refractivity contribution >= 4 is 40.7 Å². The van der Waals surface area contributed by atoms with E-state index in [1.807, 2.05) is 13.8 Å². The summed E-state index contributed by atoms with van der Waals surface area (Å²) in [7, 11) is 0. The highest BCUT2D eigenvalue weighted by molar-refractivity contribution is 6.32. The van der Waals surface area contributed by atoms with E-state index in [9.17, 15) is 14.4 Å². The third-order valence-electron chi connectivity index (χ3n) is 4.79. The van der Waals surface area contributed by atoms with Crippen LogP contribution in [0, 0.1) is 0 Å². The molecule has 0 fully saturated rings. The predicted octanol–water partition coefficient (Wildman–Crippen LogP) is 2.95. The second-order valence-corrected chi connectivity index (χ2v) is 7.19. The molecule has 1 N–H and O–H groups in total. The van der Waals surface area contributed by atoms with Crippen LogP contribution in [0.25, 0.3) is 0 Å². The van der Waals surface area contributed by atoms with Crippen LogP contribution in [0.3, 0.4) is 0 Å². The lowest BCUT2D eigenvalue weighted by atomic mass is 10.2. The Morgan fingerprint density at radius 2 is 1.94 bits per heavy atom. The number of nitrogens with one attached hydrogen (secondary N) is 1. The van der Waals surface area contributed by atoms with E-state index in [2.05, 4.69) is 5.32 Å². The van der Waals surface area contributed by atoms with Crippen LogP contribution in [0.2, 0.25) is 5.02 Å². The number of rotatable bonds is 8. The summed E-state index contributed by atoms with van der Waals surface area (Å²) >= 11 is 6.02. The molecule has 31 heavy (non-hydrogen) atoms. The first-order valence-electron chi connectivity index (χ1n) is 9.95. The molecule has 0 unspecified atom stereocenters. The number of amides is 3. The van der Waals surface area contributed by atoms with E-state index in [-0.39, 0.29) is 31.6 Å². The molecule has 1 aliphatic rings. The van der Waals surface area contributed by atoms with Crippen LogP contribution in [0.1, 0.15) is 13.8 Å². The summed E-state index contributed by atoms with van der Waals surface area (Å²) in [6.07, 6.45) is 0. The third kappa shape index (κ3) is 5.46. The van der Waals surface area contributed by atoms with E-state index in [0.717, 1.165) is 0 Å². The maximum absolute atomic E-state index is 12.5. The van der Waals surface area contributed by atoms with Crippen molar-refractivity contribution in [1.82, 2.24) is 4.90 Å².